The number of H-pyrrole nitrogens is 1. The number of esters is 1. The van der Waals surface area contributed by atoms with E-state index in [9.17, 15) is 18.0 Å². The van der Waals surface area contributed by atoms with Crippen molar-refractivity contribution in [3.63, 3.8) is 0 Å². The molecule has 0 saturated carbocycles. The van der Waals surface area contributed by atoms with Crippen molar-refractivity contribution in [2.45, 2.75) is 6.18 Å². The van der Waals surface area contributed by atoms with Crippen molar-refractivity contribution in [1.29, 1.82) is 0 Å². The van der Waals surface area contributed by atoms with Crippen LogP contribution in [-0.4, -0.2) is 18.1 Å². The number of methoxy groups -OCH3 is 1. The number of anilines is 2. The Morgan fingerprint density at radius 2 is 1.88 bits per heavy atom. The normalized spacial score (nSPS) is 11.5. The fourth-order valence-electron chi connectivity index (χ4n) is 2.44. The Bertz CT molecular complexity index is 900. The SMILES string of the molecule is COC(=O)c1[nH]c2ccccc2c1Nc1cccc(C(F)(F)F)c1. The number of rotatable bonds is 3. The maximum absolute atomic E-state index is 12.9. The van der Waals surface area contributed by atoms with Crippen LogP contribution in [0.15, 0.2) is 48.5 Å². The number of hydrogen-bond acceptors (Lipinski definition) is 3. The van der Waals surface area contributed by atoms with Crippen LogP contribution in [-0.2, 0) is 10.9 Å². The van der Waals surface area contributed by atoms with Crippen molar-refractivity contribution >= 4 is 28.2 Å². The van der Waals surface area contributed by atoms with Gasteiger partial charge in [-0.25, -0.2) is 4.79 Å². The van der Waals surface area contributed by atoms with Gasteiger partial charge in [0, 0.05) is 16.6 Å². The number of nitrogens with one attached hydrogen (secondary N) is 2. The summed E-state index contributed by atoms with van der Waals surface area (Å²) in [5.74, 6) is -0.610. The summed E-state index contributed by atoms with van der Waals surface area (Å²) < 4.78 is 43.3. The number of hydrogen-bond donors (Lipinski definition) is 2. The first-order valence-corrected chi connectivity index (χ1v) is 7.03. The van der Waals surface area contributed by atoms with Gasteiger partial charge in [-0.15, -0.1) is 0 Å². The second-order valence-corrected chi connectivity index (χ2v) is 5.12. The van der Waals surface area contributed by atoms with E-state index >= 15 is 0 Å². The van der Waals surface area contributed by atoms with Gasteiger partial charge in [-0.3, -0.25) is 0 Å². The van der Waals surface area contributed by atoms with Crippen molar-refractivity contribution < 1.29 is 22.7 Å². The molecule has 0 radical (unpaired) electrons. The van der Waals surface area contributed by atoms with Crippen LogP contribution in [0.1, 0.15) is 16.1 Å². The largest absolute Gasteiger partial charge is 0.464 e. The summed E-state index contributed by atoms with van der Waals surface area (Å²) >= 11 is 0. The number of fused-ring (bicyclic) bond motifs is 1. The van der Waals surface area contributed by atoms with Gasteiger partial charge in [-0.05, 0) is 24.3 Å². The Morgan fingerprint density at radius 1 is 1.12 bits per heavy atom. The molecule has 0 fully saturated rings. The fraction of sp³-hybridized carbons (Fsp3) is 0.118. The predicted molar refractivity (Wildman–Crippen MR) is 84.4 cm³/mol. The van der Waals surface area contributed by atoms with E-state index in [4.69, 9.17) is 4.74 Å². The number of alkyl halides is 3. The Labute approximate surface area is 135 Å². The molecule has 0 spiro atoms. The van der Waals surface area contributed by atoms with Gasteiger partial charge in [0.05, 0.1) is 18.4 Å². The van der Waals surface area contributed by atoms with Crippen LogP contribution in [0.5, 0.6) is 0 Å². The quantitative estimate of drug-likeness (QED) is 0.682. The van der Waals surface area contributed by atoms with Gasteiger partial charge in [0.15, 0.2) is 0 Å². The molecule has 0 saturated heterocycles. The van der Waals surface area contributed by atoms with Gasteiger partial charge >= 0.3 is 12.1 Å². The summed E-state index contributed by atoms with van der Waals surface area (Å²) in [6.45, 7) is 0. The minimum absolute atomic E-state index is 0.149. The number of carbonyl (C=O) groups excluding carboxylic acids is 1. The van der Waals surface area contributed by atoms with E-state index in [-0.39, 0.29) is 11.4 Å². The maximum atomic E-state index is 12.9. The molecule has 0 amide bonds. The third kappa shape index (κ3) is 2.92. The predicted octanol–water partition coefficient (Wildman–Crippen LogP) is 4.72. The van der Waals surface area contributed by atoms with Crippen LogP contribution >= 0.6 is 0 Å². The van der Waals surface area contributed by atoms with Crippen LogP contribution < -0.4 is 5.32 Å². The van der Waals surface area contributed by atoms with E-state index in [1.807, 2.05) is 0 Å². The zero-order valence-corrected chi connectivity index (χ0v) is 12.6. The molecule has 1 aromatic heterocycles. The van der Waals surface area contributed by atoms with Crippen LogP contribution in [0, 0.1) is 0 Å². The molecule has 0 aliphatic heterocycles. The van der Waals surface area contributed by atoms with E-state index < -0.39 is 17.7 Å². The molecule has 2 aromatic carbocycles. The van der Waals surface area contributed by atoms with Crippen molar-refractivity contribution in [2.24, 2.45) is 0 Å². The van der Waals surface area contributed by atoms with Crippen LogP contribution in [0.25, 0.3) is 10.9 Å². The Balaban J connectivity index is 2.08. The summed E-state index contributed by atoms with van der Waals surface area (Å²) in [6.07, 6.45) is -4.44. The fourth-order valence-corrected chi connectivity index (χ4v) is 2.44. The molecular formula is C17H13F3N2O2. The van der Waals surface area contributed by atoms with Crippen LogP contribution in [0.4, 0.5) is 24.5 Å². The third-order valence-corrected chi connectivity index (χ3v) is 3.55. The molecule has 7 heteroatoms. The number of halogens is 3. The van der Waals surface area contributed by atoms with E-state index in [1.54, 1.807) is 24.3 Å². The molecular weight excluding hydrogens is 321 g/mol. The third-order valence-electron chi connectivity index (χ3n) is 3.55. The summed E-state index contributed by atoms with van der Waals surface area (Å²) in [4.78, 5) is 14.9. The van der Waals surface area contributed by atoms with Gasteiger partial charge < -0.3 is 15.0 Å². The highest BCUT2D eigenvalue weighted by Crippen LogP contribution is 2.34. The lowest BCUT2D eigenvalue weighted by Crippen LogP contribution is -2.07. The minimum atomic E-state index is -4.44. The Kier molecular flexibility index (Phi) is 3.92. The summed E-state index contributed by atoms with van der Waals surface area (Å²) in [6, 6.07) is 11.9. The zero-order chi connectivity index (χ0) is 17.3. The summed E-state index contributed by atoms with van der Waals surface area (Å²) in [5.41, 5.74) is 0.645. The Hall–Kier alpha value is -2.96. The van der Waals surface area contributed by atoms with Gasteiger partial charge in [-0.2, -0.15) is 13.2 Å². The maximum Gasteiger partial charge on any atom is 0.416 e. The standard InChI is InChI=1S/C17H13F3N2O2/c1-24-16(23)15-14(12-7-2-3-8-13(12)22-15)21-11-6-4-5-10(9-11)17(18,19)20/h2-9,21-22H,1H3. The average molecular weight is 334 g/mol. The van der Waals surface area contributed by atoms with Gasteiger partial charge in [0.1, 0.15) is 5.69 Å². The molecule has 0 aliphatic rings. The molecule has 3 rings (SSSR count). The number of ether oxygens (including phenoxy) is 1. The molecule has 0 bridgehead atoms. The highest BCUT2D eigenvalue weighted by Gasteiger charge is 2.30. The van der Waals surface area contributed by atoms with Crippen molar-refractivity contribution in [1.82, 2.24) is 4.98 Å². The Morgan fingerprint density at radius 3 is 2.58 bits per heavy atom. The zero-order valence-electron chi connectivity index (χ0n) is 12.6. The lowest BCUT2D eigenvalue weighted by molar-refractivity contribution is -0.137. The second-order valence-electron chi connectivity index (χ2n) is 5.12. The second kappa shape index (κ2) is 5.92. The lowest BCUT2D eigenvalue weighted by atomic mass is 10.1. The first kappa shape index (κ1) is 15.9. The molecule has 4 nitrogen and oxygen atoms in total. The molecule has 0 atom stereocenters. The van der Waals surface area contributed by atoms with Crippen molar-refractivity contribution in [3.8, 4) is 0 Å². The highest BCUT2D eigenvalue weighted by atomic mass is 19.4. The van der Waals surface area contributed by atoms with E-state index in [0.29, 0.717) is 16.6 Å². The van der Waals surface area contributed by atoms with Crippen LogP contribution in [0.2, 0.25) is 0 Å². The minimum Gasteiger partial charge on any atom is -0.464 e. The molecule has 1 heterocycles. The number of aromatic amines is 1. The summed E-state index contributed by atoms with van der Waals surface area (Å²) in [5, 5.41) is 3.57. The van der Waals surface area contributed by atoms with Crippen molar-refractivity contribution in [2.75, 3.05) is 12.4 Å². The number of carbonyl (C=O) groups is 1. The molecule has 124 valence electrons. The molecule has 0 unspecified atom stereocenters. The topological polar surface area (TPSA) is 54.1 Å². The van der Waals surface area contributed by atoms with E-state index in [2.05, 4.69) is 10.3 Å². The monoisotopic (exact) mass is 334 g/mol. The van der Waals surface area contributed by atoms with E-state index in [0.717, 1.165) is 12.1 Å². The van der Waals surface area contributed by atoms with Crippen molar-refractivity contribution in [3.05, 3.63) is 59.8 Å². The molecule has 24 heavy (non-hydrogen) atoms. The van der Waals surface area contributed by atoms with Gasteiger partial charge in [0.25, 0.3) is 0 Å². The van der Waals surface area contributed by atoms with E-state index in [1.165, 1.54) is 19.2 Å². The number of para-hydroxylation sites is 1. The molecule has 0 aliphatic carbocycles. The van der Waals surface area contributed by atoms with Crippen LogP contribution in [0.3, 0.4) is 0 Å². The first-order valence-electron chi connectivity index (χ1n) is 7.03. The lowest BCUT2D eigenvalue weighted by Gasteiger charge is -2.11. The molecule has 2 N–H and O–H groups in total. The van der Waals surface area contributed by atoms with Gasteiger partial charge in [-0.1, -0.05) is 24.3 Å². The molecule has 3 aromatic rings. The average Bonchev–Trinajstić information content (AvgIpc) is 2.92. The first-order chi connectivity index (χ1) is 11.4. The number of aromatic nitrogens is 1. The van der Waals surface area contributed by atoms with Gasteiger partial charge in [0.2, 0.25) is 0 Å². The summed E-state index contributed by atoms with van der Waals surface area (Å²) in [7, 11) is 1.24. The number of benzene rings is 2. The highest BCUT2D eigenvalue weighted by molar-refractivity contribution is 6.07. The smallest absolute Gasteiger partial charge is 0.416 e.